The van der Waals surface area contributed by atoms with E-state index in [1.54, 1.807) is 19.2 Å². The van der Waals surface area contributed by atoms with Crippen molar-refractivity contribution < 1.29 is 17.9 Å². The molecule has 1 saturated heterocycles. The van der Waals surface area contributed by atoms with E-state index in [0.29, 0.717) is 12.2 Å². The third-order valence-corrected chi connectivity index (χ3v) is 5.21. The fourth-order valence-electron chi connectivity index (χ4n) is 2.57. The van der Waals surface area contributed by atoms with E-state index in [9.17, 15) is 8.42 Å². The largest absolute Gasteiger partial charge is 0.382 e. The number of benzene rings is 1. The van der Waals surface area contributed by atoms with E-state index in [1.165, 1.54) is 16.4 Å². The Kier molecular flexibility index (Phi) is 4.87. The Morgan fingerprint density at radius 2 is 2.23 bits per heavy atom. The van der Waals surface area contributed by atoms with Gasteiger partial charge in [-0.2, -0.15) is 9.57 Å². The second kappa shape index (κ2) is 6.34. The van der Waals surface area contributed by atoms with Crippen molar-refractivity contribution in [1.82, 2.24) is 4.31 Å². The standard InChI is InChI=1S/C15H20N2O4S/c1-15(2)11-17(9-13(21-15)10-20-3)22(18,19)14-6-4-5-12(7-14)8-16/h4-7,13H,9-11H2,1-3H3. The molecule has 1 aliphatic rings. The highest BCUT2D eigenvalue weighted by Crippen LogP contribution is 2.27. The summed E-state index contributed by atoms with van der Waals surface area (Å²) in [6, 6.07) is 8.01. The summed E-state index contributed by atoms with van der Waals surface area (Å²) in [5, 5.41) is 8.94. The molecule has 2 rings (SSSR count). The molecular formula is C15H20N2O4S. The van der Waals surface area contributed by atoms with Crippen LogP contribution in [0.5, 0.6) is 0 Å². The first kappa shape index (κ1) is 16.9. The maximum atomic E-state index is 12.8. The smallest absolute Gasteiger partial charge is 0.243 e. The second-order valence-corrected chi connectivity index (χ2v) is 7.83. The molecule has 1 aliphatic heterocycles. The monoisotopic (exact) mass is 324 g/mol. The van der Waals surface area contributed by atoms with Gasteiger partial charge in [0.15, 0.2) is 0 Å². The molecular weight excluding hydrogens is 304 g/mol. The van der Waals surface area contributed by atoms with Gasteiger partial charge in [0.05, 0.1) is 34.8 Å². The Morgan fingerprint density at radius 3 is 2.86 bits per heavy atom. The Balaban J connectivity index is 2.33. The Bertz CT molecular complexity index is 679. The Hall–Kier alpha value is -1.46. The van der Waals surface area contributed by atoms with Crippen LogP contribution in [0.15, 0.2) is 29.2 Å². The molecule has 6 nitrogen and oxygen atoms in total. The molecule has 0 spiro atoms. The van der Waals surface area contributed by atoms with Crippen LogP contribution in [0.25, 0.3) is 0 Å². The molecule has 0 amide bonds. The van der Waals surface area contributed by atoms with Crippen LogP contribution < -0.4 is 0 Å². The van der Waals surface area contributed by atoms with Crippen molar-refractivity contribution in [3.8, 4) is 6.07 Å². The van der Waals surface area contributed by atoms with Crippen LogP contribution in [0.4, 0.5) is 0 Å². The minimum absolute atomic E-state index is 0.125. The third kappa shape index (κ3) is 3.65. The zero-order valence-corrected chi connectivity index (χ0v) is 13.8. The first-order valence-electron chi connectivity index (χ1n) is 6.95. The van der Waals surface area contributed by atoms with E-state index in [2.05, 4.69) is 0 Å². The number of nitriles is 1. The van der Waals surface area contributed by atoms with Gasteiger partial charge in [-0.3, -0.25) is 0 Å². The molecule has 7 heteroatoms. The van der Waals surface area contributed by atoms with Crippen molar-refractivity contribution in [2.75, 3.05) is 26.8 Å². The Morgan fingerprint density at radius 1 is 1.50 bits per heavy atom. The molecule has 1 unspecified atom stereocenters. The van der Waals surface area contributed by atoms with Crippen LogP contribution in [-0.2, 0) is 19.5 Å². The molecule has 0 aromatic heterocycles. The predicted octanol–water partition coefficient (Wildman–Crippen LogP) is 1.37. The van der Waals surface area contributed by atoms with Gasteiger partial charge < -0.3 is 9.47 Å². The molecule has 0 N–H and O–H groups in total. The van der Waals surface area contributed by atoms with Gasteiger partial charge in [0.25, 0.3) is 0 Å². The van der Waals surface area contributed by atoms with Crippen LogP contribution in [0.2, 0.25) is 0 Å². The lowest BCUT2D eigenvalue weighted by molar-refractivity contribution is -0.135. The maximum Gasteiger partial charge on any atom is 0.243 e. The van der Waals surface area contributed by atoms with Gasteiger partial charge in [0, 0.05) is 20.2 Å². The molecule has 1 heterocycles. The number of sulfonamides is 1. The lowest BCUT2D eigenvalue weighted by Gasteiger charge is -2.41. The van der Waals surface area contributed by atoms with Crippen molar-refractivity contribution in [2.24, 2.45) is 0 Å². The lowest BCUT2D eigenvalue weighted by atomic mass is 10.1. The van der Waals surface area contributed by atoms with Gasteiger partial charge in [-0.15, -0.1) is 0 Å². The summed E-state index contributed by atoms with van der Waals surface area (Å²) < 4.78 is 38.0. The van der Waals surface area contributed by atoms with E-state index < -0.39 is 15.6 Å². The van der Waals surface area contributed by atoms with Crippen LogP contribution in [0.1, 0.15) is 19.4 Å². The number of morpholine rings is 1. The molecule has 22 heavy (non-hydrogen) atoms. The molecule has 0 saturated carbocycles. The summed E-state index contributed by atoms with van der Waals surface area (Å²) in [7, 11) is -2.11. The third-order valence-electron chi connectivity index (χ3n) is 3.40. The van der Waals surface area contributed by atoms with E-state index in [0.717, 1.165) is 0 Å². The molecule has 1 fully saturated rings. The lowest BCUT2D eigenvalue weighted by Crippen LogP contribution is -2.55. The molecule has 0 bridgehead atoms. The van der Waals surface area contributed by atoms with E-state index in [1.807, 2.05) is 19.9 Å². The molecule has 120 valence electrons. The SMILES string of the molecule is COCC1CN(S(=O)(=O)c2cccc(C#N)c2)CC(C)(C)O1. The maximum absolute atomic E-state index is 12.8. The van der Waals surface area contributed by atoms with E-state index in [4.69, 9.17) is 14.7 Å². The summed E-state index contributed by atoms with van der Waals surface area (Å²) in [5.41, 5.74) is -0.275. The van der Waals surface area contributed by atoms with Crippen molar-refractivity contribution in [2.45, 2.75) is 30.4 Å². The first-order chi connectivity index (χ1) is 10.3. The minimum Gasteiger partial charge on any atom is -0.382 e. The number of hydrogen-bond donors (Lipinski definition) is 0. The fourth-order valence-corrected chi connectivity index (χ4v) is 4.24. The fraction of sp³-hybridized carbons (Fsp3) is 0.533. The molecule has 0 radical (unpaired) electrons. The average Bonchev–Trinajstić information content (AvgIpc) is 2.46. The number of rotatable bonds is 4. The van der Waals surface area contributed by atoms with Gasteiger partial charge in [0.1, 0.15) is 0 Å². The number of hydrogen-bond acceptors (Lipinski definition) is 5. The van der Waals surface area contributed by atoms with Gasteiger partial charge in [-0.1, -0.05) is 6.07 Å². The highest BCUT2D eigenvalue weighted by Gasteiger charge is 2.39. The summed E-state index contributed by atoms with van der Waals surface area (Å²) in [6.45, 7) is 4.52. The Labute approximate surface area is 131 Å². The van der Waals surface area contributed by atoms with Crippen LogP contribution in [0.3, 0.4) is 0 Å². The van der Waals surface area contributed by atoms with Crippen molar-refractivity contribution in [3.05, 3.63) is 29.8 Å². The van der Waals surface area contributed by atoms with Crippen LogP contribution >= 0.6 is 0 Å². The topological polar surface area (TPSA) is 79.6 Å². The average molecular weight is 324 g/mol. The van der Waals surface area contributed by atoms with Gasteiger partial charge in [0.2, 0.25) is 10.0 Å². The zero-order valence-electron chi connectivity index (χ0n) is 12.9. The quantitative estimate of drug-likeness (QED) is 0.836. The zero-order chi connectivity index (χ0) is 16.4. The van der Waals surface area contributed by atoms with Crippen molar-refractivity contribution in [1.29, 1.82) is 5.26 Å². The highest BCUT2D eigenvalue weighted by molar-refractivity contribution is 7.89. The van der Waals surface area contributed by atoms with Crippen LogP contribution in [-0.4, -0.2) is 51.2 Å². The molecule has 1 aromatic rings. The van der Waals surface area contributed by atoms with Gasteiger partial charge in [-0.25, -0.2) is 8.42 Å². The second-order valence-electron chi connectivity index (χ2n) is 5.89. The minimum atomic E-state index is -3.67. The molecule has 1 atom stereocenters. The summed E-state index contributed by atoms with van der Waals surface area (Å²) in [5.74, 6) is 0. The van der Waals surface area contributed by atoms with Crippen molar-refractivity contribution in [3.63, 3.8) is 0 Å². The van der Waals surface area contributed by atoms with E-state index in [-0.39, 0.29) is 24.1 Å². The first-order valence-corrected chi connectivity index (χ1v) is 8.39. The number of ether oxygens (including phenoxy) is 2. The predicted molar refractivity (Wildman–Crippen MR) is 80.7 cm³/mol. The normalized spacial score (nSPS) is 22.2. The van der Waals surface area contributed by atoms with Gasteiger partial charge in [-0.05, 0) is 32.0 Å². The summed E-state index contributed by atoms with van der Waals surface area (Å²) >= 11 is 0. The highest BCUT2D eigenvalue weighted by atomic mass is 32.2. The van der Waals surface area contributed by atoms with Crippen LogP contribution in [0, 0.1) is 11.3 Å². The number of nitrogens with zero attached hydrogens (tertiary/aromatic N) is 2. The molecule has 1 aromatic carbocycles. The summed E-state index contributed by atoms with van der Waals surface area (Å²) in [6.07, 6.45) is -0.317. The van der Waals surface area contributed by atoms with E-state index >= 15 is 0 Å². The van der Waals surface area contributed by atoms with Gasteiger partial charge >= 0.3 is 0 Å². The van der Waals surface area contributed by atoms with Crippen molar-refractivity contribution >= 4 is 10.0 Å². The summed E-state index contributed by atoms with van der Waals surface area (Å²) in [4.78, 5) is 0.125. The molecule has 0 aliphatic carbocycles. The number of methoxy groups -OCH3 is 1.